The third-order valence-electron chi connectivity index (χ3n) is 5.86. The number of nitrogens with one attached hydrogen (secondary N) is 2. The summed E-state index contributed by atoms with van der Waals surface area (Å²) in [5.41, 5.74) is 5.58. The number of aromatic amines is 1. The normalized spacial score (nSPS) is 14.5. The third-order valence-corrected chi connectivity index (χ3v) is 7.68. The van der Waals surface area contributed by atoms with Crippen LogP contribution < -0.4 is 10.5 Å². The summed E-state index contributed by atoms with van der Waals surface area (Å²) in [4.78, 5) is 15.7. The summed E-state index contributed by atoms with van der Waals surface area (Å²) < 4.78 is 34.8. The van der Waals surface area contributed by atoms with Crippen LogP contribution in [0, 0.1) is 0 Å². The lowest BCUT2D eigenvalue weighted by molar-refractivity contribution is 0.381. The molecule has 0 saturated carbocycles. The van der Waals surface area contributed by atoms with E-state index in [0.29, 0.717) is 4.47 Å². The summed E-state index contributed by atoms with van der Waals surface area (Å²) in [7, 11) is -4.03. The van der Waals surface area contributed by atoms with Gasteiger partial charge in [0.25, 0.3) is 10.0 Å². The molecule has 0 aliphatic heterocycles. The second kappa shape index (κ2) is 8.36. The second-order valence-corrected chi connectivity index (χ2v) is 10.4. The SMILES string of the molecule is CC(c1cccc2c1Cc1ccccc1-2)C(NS(=O)(=O)c1ccc(Br)cn1)c1n[nH]c(=O)o1. The monoisotopic (exact) mass is 526 g/mol. The van der Waals surface area contributed by atoms with Gasteiger partial charge in [-0.3, -0.25) is 0 Å². The number of halogens is 1. The van der Waals surface area contributed by atoms with Gasteiger partial charge in [-0.1, -0.05) is 49.4 Å². The molecule has 2 aromatic carbocycles. The lowest BCUT2D eigenvalue weighted by atomic mass is 9.88. The van der Waals surface area contributed by atoms with Gasteiger partial charge < -0.3 is 4.42 Å². The molecule has 168 valence electrons. The lowest BCUT2D eigenvalue weighted by Crippen LogP contribution is -2.33. The number of fused-ring (bicyclic) bond motifs is 3. The number of rotatable bonds is 6. The minimum absolute atomic E-state index is 0.0405. The Morgan fingerprint density at radius 1 is 1.09 bits per heavy atom. The maximum absolute atomic E-state index is 13.1. The topological polar surface area (TPSA) is 118 Å². The second-order valence-electron chi connectivity index (χ2n) is 7.86. The average molecular weight is 527 g/mol. The number of aromatic nitrogens is 3. The Balaban J connectivity index is 1.56. The first-order valence-corrected chi connectivity index (χ1v) is 12.5. The zero-order valence-electron chi connectivity index (χ0n) is 17.4. The average Bonchev–Trinajstić information content (AvgIpc) is 3.40. The van der Waals surface area contributed by atoms with Crippen molar-refractivity contribution in [1.82, 2.24) is 19.9 Å². The molecule has 4 aromatic rings. The van der Waals surface area contributed by atoms with E-state index in [1.807, 2.05) is 31.2 Å². The van der Waals surface area contributed by atoms with Gasteiger partial charge in [0.2, 0.25) is 5.89 Å². The number of H-pyrrole nitrogens is 1. The number of hydrogen-bond donors (Lipinski definition) is 2. The van der Waals surface area contributed by atoms with E-state index >= 15 is 0 Å². The van der Waals surface area contributed by atoms with Crippen LogP contribution in [-0.4, -0.2) is 23.6 Å². The van der Waals surface area contributed by atoms with Crippen molar-refractivity contribution in [2.24, 2.45) is 0 Å². The van der Waals surface area contributed by atoms with Crippen molar-refractivity contribution in [3.8, 4) is 11.1 Å². The molecule has 1 aliphatic rings. The van der Waals surface area contributed by atoms with Crippen molar-refractivity contribution in [2.75, 3.05) is 0 Å². The maximum atomic E-state index is 13.1. The van der Waals surface area contributed by atoms with Gasteiger partial charge in [0, 0.05) is 16.6 Å². The summed E-state index contributed by atoms with van der Waals surface area (Å²) in [5, 5.41) is 6.01. The van der Waals surface area contributed by atoms with E-state index in [2.05, 4.69) is 54.0 Å². The first kappa shape index (κ1) is 21.7. The van der Waals surface area contributed by atoms with Crippen LogP contribution in [0.4, 0.5) is 0 Å². The predicted octanol–water partition coefficient (Wildman–Crippen LogP) is 3.91. The first-order chi connectivity index (χ1) is 15.8. The molecule has 10 heteroatoms. The number of pyridine rings is 1. The summed E-state index contributed by atoms with van der Waals surface area (Å²) in [6.07, 6.45) is 2.15. The molecule has 33 heavy (non-hydrogen) atoms. The van der Waals surface area contributed by atoms with Gasteiger partial charge in [-0.15, -0.1) is 5.10 Å². The van der Waals surface area contributed by atoms with E-state index in [-0.39, 0.29) is 10.9 Å². The minimum Gasteiger partial charge on any atom is -0.391 e. The van der Waals surface area contributed by atoms with Crippen LogP contribution in [0.15, 0.2) is 79.5 Å². The van der Waals surface area contributed by atoms with Crippen molar-refractivity contribution in [1.29, 1.82) is 0 Å². The van der Waals surface area contributed by atoms with Crippen molar-refractivity contribution in [3.05, 3.63) is 98.4 Å². The van der Waals surface area contributed by atoms with Crippen LogP contribution in [0.1, 0.15) is 41.5 Å². The fourth-order valence-corrected chi connectivity index (χ4v) is 5.71. The molecule has 2 unspecified atom stereocenters. The molecular formula is C23H19BrN4O4S. The van der Waals surface area contributed by atoms with Crippen LogP contribution in [0.3, 0.4) is 0 Å². The highest BCUT2D eigenvalue weighted by molar-refractivity contribution is 9.10. The highest BCUT2D eigenvalue weighted by Gasteiger charge is 2.34. The Morgan fingerprint density at radius 3 is 2.61 bits per heavy atom. The van der Waals surface area contributed by atoms with Gasteiger partial charge in [-0.25, -0.2) is 23.3 Å². The molecule has 0 amide bonds. The van der Waals surface area contributed by atoms with Gasteiger partial charge in [0.05, 0.1) is 0 Å². The Kier molecular flexibility index (Phi) is 5.51. The van der Waals surface area contributed by atoms with Crippen molar-refractivity contribution in [3.63, 3.8) is 0 Å². The van der Waals surface area contributed by atoms with Crippen LogP contribution >= 0.6 is 15.9 Å². The molecule has 1 aliphatic carbocycles. The van der Waals surface area contributed by atoms with E-state index in [1.54, 1.807) is 6.07 Å². The molecule has 0 radical (unpaired) electrons. The van der Waals surface area contributed by atoms with Crippen LogP contribution in [0.5, 0.6) is 0 Å². The molecule has 2 heterocycles. The summed E-state index contributed by atoms with van der Waals surface area (Å²) in [6, 6.07) is 16.2. The summed E-state index contributed by atoms with van der Waals surface area (Å²) >= 11 is 3.26. The molecule has 2 N–H and O–H groups in total. The van der Waals surface area contributed by atoms with E-state index in [9.17, 15) is 13.2 Å². The fourth-order valence-electron chi connectivity index (χ4n) is 4.28. The maximum Gasteiger partial charge on any atom is 0.434 e. The lowest BCUT2D eigenvalue weighted by Gasteiger charge is -2.24. The van der Waals surface area contributed by atoms with Crippen LogP contribution in [0.2, 0.25) is 0 Å². The van der Waals surface area contributed by atoms with Crippen molar-refractivity contribution < 1.29 is 12.8 Å². The largest absolute Gasteiger partial charge is 0.434 e. The van der Waals surface area contributed by atoms with Gasteiger partial charge in [0.15, 0.2) is 5.03 Å². The Morgan fingerprint density at radius 2 is 1.88 bits per heavy atom. The van der Waals surface area contributed by atoms with Gasteiger partial charge >= 0.3 is 5.76 Å². The number of sulfonamides is 1. The zero-order valence-corrected chi connectivity index (χ0v) is 19.9. The highest BCUT2D eigenvalue weighted by atomic mass is 79.9. The predicted molar refractivity (Wildman–Crippen MR) is 125 cm³/mol. The molecule has 0 fully saturated rings. The molecule has 2 aromatic heterocycles. The number of nitrogens with zero attached hydrogens (tertiary/aromatic N) is 2. The Hall–Kier alpha value is -3.08. The molecule has 0 bridgehead atoms. The van der Waals surface area contributed by atoms with Crippen molar-refractivity contribution in [2.45, 2.75) is 30.3 Å². The highest BCUT2D eigenvalue weighted by Crippen LogP contribution is 2.42. The van der Waals surface area contributed by atoms with E-state index in [4.69, 9.17) is 4.42 Å². The number of benzene rings is 2. The van der Waals surface area contributed by atoms with Crippen LogP contribution in [-0.2, 0) is 16.4 Å². The van der Waals surface area contributed by atoms with Gasteiger partial charge in [-0.2, -0.15) is 4.72 Å². The smallest absolute Gasteiger partial charge is 0.391 e. The molecule has 0 spiro atoms. The van der Waals surface area contributed by atoms with E-state index < -0.39 is 27.7 Å². The standard InChI is InChI=1S/C23H19BrN4O4S/c1-13(16-7-4-8-18-17-6-3-2-5-14(17)11-19(16)18)21(22-26-27-23(29)32-22)28-33(30,31)20-10-9-15(24)12-25-20/h2-10,12-13,21,28H,11H2,1H3,(H,27,29). The van der Waals surface area contributed by atoms with E-state index in [0.717, 1.165) is 23.1 Å². The zero-order chi connectivity index (χ0) is 23.2. The molecule has 0 saturated heterocycles. The van der Waals surface area contributed by atoms with E-state index in [1.165, 1.54) is 23.4 Å². The van der Waals surface area contributed by atoms with Crippen molar-refractivity contribution >= 4 is 26.0 Å². The van der Waals surface area contributed by atoms with Crippen LogP contribution in [0.25, 0.3) is 11.1 Å². The Labute approximate surface area is 198 Å². The number of hydrogen-bond acceptors (Lipinski definition) is 6. The molecular weight excluding hydrogens is 508 g/mol. The fraction of sp³-hybridized carbons (Fsp3) is 0.174. The third kappa shape index (κ3) is 4.05. The van der Waals surface area contributed by atoms with Gasteiger partial charge in [0.1, 0.15) is 6.04 Å². The quantitative estimate of drug-likeness (QED) is 0.346. The molecule has 2 atom stereocenters. The van der Waals surface area contributed by atoms with Gasteiger partial charge in [-0.05, 0) is 62.3 Å². The minimum atomic E-state index is -4.03. The molecule has 5 rings (SSSR count). The summed E-state index contributed by atoms with van der Waals surface area (Å²) in [6.45, 7) is 1.88. The Bertz CT molecular complexity index is 1500. The summed E-state index contributed by atoms with van der Waals surface area (Å²) in [5.74, 6) is -1.19. The first-order valence-electron chi connectivity index (χ1n) is 10.2. The molecule has 8 nitrogen and oxygen atoms in total.